The lowest BCUT2D eigenvalue weighted by Gasteiger charge is -2.21. The maximum absolute atomic E-state index is 12.4. The maximum atomic E-state index is 12.4. The van der Waals surface area contributed by atoms with E-state index in [0.717, 1.165) is 21.8 Å². The highest BCUT2D eigenvalue weighted by atomic mass is 35.5. The van der Waals surface area contributed by atoms with E-state index in [4.69, 9.17) is 11.6 Å². The SMILES string of the molecule is CC(=NNC(=O)c1c(Cl)c(C)nn1C)c1ccc2c(c1)Nc1ccccc1S2. The summed E-state index contributed by atoms with van der Waals surface area (Å²) in [5.41, 5.74) is 7.17. The van der Waals surface area contributed by atoms with Crippen LogP contribution in [0.1, 0.15) is 28.7 Å². The van der Waals surface area contributed by atoms with E-state index in [-0.39, 0.29) is 5.69 Å². The number of benzene rings is 2. The third-order valence-electron chi connectivity index (χ3n) is 4.46. The molecule has 4 rings (SSSR count). The van der Waals surface area contributed by atoms with E-state index < -0.39 is 5.91 Å². The summed E-state index contributed by atoms with van der Waals surface area (Å²) in [4.78, 5) is 14.8. The first-order valence-corrected chi connectivity index (χ1v) is 9.85. The number of carbonyl (C=O) groups excluding carboxylic acids is 1. The molecule has 0 saturated carbocycles. The standard InChI is InChI=1S/C20H18ClN5OS/c1-11(23-24-20(27)19-18(21)12(2)25-26(19)3)13-8-9-17-15(10-13)22-14-6-4-5-7-16(14)28-17/h4-10,22H,1-3H3,(H,24,27). The monoisotopic (exact) mass is 411 g/mol. The van der Waals surface area contributed by atoms with Gasteiger partial charge < -0.3 is 5.32 Å². The van der Waals surface area contributed by atoms with Crippen LogP contribution in [0.4, 0.5) is 11.4 Å². The Labute approximate surface area is 172 Å². The molecule has 2 aromatic carbocycles. The van der Waals surface area contributed by atoms with Gasteiger partial charge in [0.25, 0.3) is 5.91 Å². The van der Waals surface area contributed by atoms with Crippen LogP contribution in [0.15, 0.2) is 57.4 Å². The summed E-state index contributed by atoms with van der Waals surface area (Å²) in [5, 5.41) is 12.2. The fourth-order valence-corrected chi connectivity index (χ4v) is 4.21. The van der Waals surface area contributed by atoms with E-state index in [9.17, 15) is 4.79 Å². The Morgan fingerprint density at radius 3 is 2.71 bits per heavy atom. The van der Waals surface area contributed by atoms with Crippen molar-refractivity contribution in [3.8, 4) is 0 Å². The summed E-state index contributed by atoms with van der Waals surface area (Å²) < 4.78 is 1.45. The van der Waals surface area contributed by atoms with Crippen LogP contribution >= 0.6 is 23.4 Å². The first-order chi connectivity index (χ1) is 13.4. The van der Waals surface area contributed by atoms with Crippen LogP contribution in [0.2, 0.25) is 5.02 Å². The summed E-state index contributed by atoms with van der Waals surface area (Å²) >= 11 is 7.89. The van der Waals surface area contributed by atoms with Gasteiger partial charge in [-0.2, -0.15) is 10.2 Å². The van der Waals surface area contributed by atoms with Crippen LogP contribution in [0.5, 0.6) is 0 Å². The number of hydrazone groups is 1. The maximum Gasteiger partial charge on any atom is 0.291 e. The summed E-state index contributed by atoms with van der Waals surface area (Å²) in [6, 6.07) is 14.3. The zero-order valence-corrected chi connectivity index (χ0v) is 17.1. The van der Waals surface area contributed by atoms with Crippen LogP contribution in [-0.2, 0) is 7.05 Å². The van der Waals surface area contributed by atoms with Gasteiger partial charge in [-0.3, -0.25) is 9.48 Å². The molecule has 28 heavy (non-hydrogen) atoms. The Bertz CT molecular complexity index is 1120. The van der Waals surface area contributed by atoms with Crippen LogP contribution in [-0.4, -0.2) is 21.4 Å². The van der Waals surface area contributed by atoms with Crippen LogP contribution in [0.3, 0.4) is 0 Å². The lowest BCUT2D eigenvalue weighted by Crippen LogP contribution is -2.22. The molecule has 0 saturated heterocycles. The highest BCUT2D eigenvalue weighted by Gasteiger charge is 2.19. The number of nitrogens with one attached hydrogen (secondary N) is 2. The number of para-hydroxylation sites is 1. The Morgan fingerprint density at radius 1 is 1.21 bits per heavy atom. The molecule has 0 bridgehead atoms. The first-order valence-electron chi connectivity index (χ1n) is 8.66. The van der Waals surface area contributed by atoms with Gasteiger partial charge in [-0.25, -0.2) is 5.43 Å². The Kier molecular flexibility index (Phi) is 4.87. The van der Waals surface area contributed by atoms with E-state index in [2.05, 4.69) is 39.1 Å². The van der Waals surface area contributed by atoms with Crippen molar-refractivity contribution in [1.82, 2.24) is 15.2 Å². The van der Waals surface area contributed by atoms with Gasteiger partial charge in [0.05, 0.1) is 27.8 Å². The van der Waals surface area contributed by atoms with Gasteiger partial charge in [0, 0.05) is 16.8 Å². The number of aromatic nitrogens is 2. The smallest absolute Gasteiger partial charge is 0.291 e. The molecule has 0 atom stereocenters. The summed E-state index contributed by atoms with van der Waals surface area (Å²) in [6.45, 7) is 3.60. The predicted octanol–water partition coefficient (Wildman–Crippen LogP) is 4.74. The van der Waals surface area contributed by atoms with Crippen LogP contribution < -0.4 is 10.7 Å². The van der Waals surface area contributed by atoms with Crippen molar-refractivity contribution in [2.24, 2.45) is 12.1 Å². The van der Waals surface area contributed by atoms with Gasteiger partial charge in [-0.15, -0.1) is 0 Å². The zero-order chi connectivity index (χ0) is 19.8. The highest BCUT2D eigenvalue weighted by Crippen LogP contribution is 2.44. The van der Waals surface area contributed by atoms with E-state index in [1.54, 1.807) is 25.7 Å². The second-order valence-corrected chi connectivity index (χ2v) is 7.91. The van der Waals surface area contributed by atoms with E-state index >= 15 is 0 Å². The fraction of sp³-hybridized carbons (Fsp3) is 0.150. The molecular weight excluding hydrogens is 394 g/mol. The zero-order valence-electron chi connectivity index (χ0n) is 15.6. The number of nitrogens with zero attached hydrogens (tertiary/aromatic N) is 3. The van der Waals surface area contributed by atoms with Crippen molar-refractivity contribution in [3.63, 3.8) is 0 Å². The minimum Gasteiger partial charge on any atom is -0.354 e. The van der Waals surface area contributed by atoms with Crippen molar-refractivity contribution >= 4 is 46.4 Å². The molecule has 6 nitrogen and oxygen atoms in total. The molecule has 0 aliphatic carbocycles. The number of aryl methyl sites for hydroxylation is 2. The number of fused-ring (bicyclic) bond motifs is 2. The van der Waals surface area contributed by atoms with Crippen molar-refractivity contribution in [2.75, 3.05) is 5.32 Å². The van der Waals surface area contributed by atoms with Gasteiger partial charge in [0.2, 0.25) is 0 Å². The molecular formula is C20H18ClN5OS. The summed E-state index contributed by atoms with van der Waals surface area (Å²) in [5.74, 6) is -0.395. The second-order valence-electron chi connectivity index (χ2n) is 6.44. The van der Waals surface area contributed by atoms with E-state index in [0.29, 0.717) is 16.4 Å². The molecule has 1 aliphatic heterocycles. The molecule has 2 N–H and O–H groups in total. The first kappa shape index (κ1) is 18.6. The predicted molar refractivity (Wildman–Crippen MR) is 113 cm³/mol. The van der Waals surface area contributed by atoms with Gasteiger partial charge >= 0.3 is 0 Å². The van der Waals surface area contributed by atoms with Crippen LogP contribution in [0.25, 0.3) is 0 Å². The van der Waals surface area contributed by atoms with Crippen molar-refractivity contribution in [1.29, 1.82) is 0 Å². The number of hydrogen-bond donors (Lipinski definition) is 2. The van der Waals surface area contributed by atoms with Crippen LogP contribution in [0, 0.1) is 6.92 Å². The van der Waals surface area contributed by atoms with Gasteiger partial charge in [-0.1, -0.05) is 41.6 Å². The van der Waals surface area contributed by atoms with E-state index in [1.807, 2.05) is 31.2 Å². The number of hydrogen-bond acceptors (Lipinski definition) is 5. The fourth-order valence-electron chi connectivity index (χ4n) is 3.00. The van der Waals surface area contributed by atoms with E-state index in [1.165, 1.54) is 9.58 Å². The van der Waals surface area contributed by atoms with Gasteiger partial charge in [0.1, 0.15) is 5.69 Å². The topological polar surface area (TPSA) is 71.3 Å². The number of amides is 1. The third-order valence-corrected chi connectivity index (χ3v) is 6.07. The number of halogens is 1. The highest BCUT2D eigenvalue weighted by molar-refractivity contribution is 7.99. The molecule has 0 fully saturated rings. The average molecular weight is 412 g/mol. The van der Waals surface area contributed by atoms with Gasteiger partial charge in [-0.05, 0) is 43.7 Å². The lowest BCUT2D eigenvalue weighted by molar-refractivity contribution is 0.0945. The molecule has 142 valence electrons. The molecule has 8 heteroatoms. The molecule has 1 aromatic heterocycles. The lowest BCUT2D eigenvalue weighted by atomic mass is 10.1. The molecule has 1 aliphatic rings. The minimum absolute atomic E-state index is 0.288. The third kappa shape index (κ3) is 3.39. The number of rotatable bonds is 3. The summed E-state index contributed by atoms with van der Waals surface area (Å²) in [7, 11) is 1.68. The number of anilines is 2. The largest absolute Gasteiger partial charge is 0.354 e. The molecule has 0 unspecified atom stereocenters. The van der Waals surface area contributed by atoms with Crippen molar-refractivity contribution in [2.45, 2.75) is 23.6 Å². The van der Waals surface area contributed by atoms with Gasteiger partial charge in [0.15, 0.2) is 0 Å². The van der Waals surface area contributed by atoms with Crippen molar-refractivity contribution in [3.05, 3.63) is 64.4 Å². The Balaban J connectivity index is 1.54. The summed E-state index contributed by atoms with van der Waals surface area (Å²) in [6.07, 6.45) is 0. The number of carbonyl (C=O) groups is 1. The van der Waals surface area contributed by atoms with Crippen molar-refractivity contribution < 1.29 is 4.79 Å². The minimum atomic E-state index is -0.395. The molecule has 0 radical (unpaired) electrons. The quantitative estimate of drug-likeness (QED) is 0.377. The molecule has 1 amide bonds. The molecule has 0 spiro atoms. The second kappa shape index (κ2) is 7.33. The normalized spacial score (nSPS) is 12.8. The molecule has 3 aromatic rings. The average Bonchev–Trinajstić information content (AvgIpc) is 2.95. The molecule has 2 heterocycles. The Hall–Kier alpha value is -2.77. The Morgan fingerprint density at radius 2 is 1.96 bits per heavy atom.